The summed E-state index contributed by atoms with van der Waals surface area (Å²) in [5.74, 6) is -1.20. The van der Waals surface area contributed by atoms with E-state index >= 15 is 0 Å². The third-order valence-electron chi connectivity index (χ3n) is 1.27. The summed E-state index contributed by atoms with van der Waals surface area (Å²) < 4.78 is 0. The lowest BCUT2D eigenvalue weighted by Gasteiger charge is -1.99. The predicted octanol–water partition coefficient (Wildman–Crippen LogP) is -2.16. The topological polar surface area (TPSA) is 174 Å². The van der Waals surface area contributed by atoms with E-state index in [0.717, 1.165) is 0 Å². The van der Waals surface area contributed by atoms with Gasteiger partial charge >= 0.3 is 5.97 Å². The number of nitrogen functional groups attached to an aromatic ring is 1. The molecule has 1 rings (SSSR count). The van der Waals surface area contributed by atoms with Crippen molar-refractivity contribution in [2.24, 2.45) is 5.16 Å². The van der Waals surface area contributed by atoms with Gasteiger partial charge in [0.1, 0.15) is 12.9 Å². The molecule has 0 bridgehead atoms. The van der Waals surface area contributed by atoms with Crippen LogP contribution in [0.1, 0.15) is 5.82 Å². The Morgan fingerprint density at radius 1 is 1.56 bits per heavy atom. The smallest absolute Gasteiger partial charge is 0.361 e. The van der Waals surface area contributed by atoms with Gasteiger partial charge in [0.05, 0.1) is 0 Å². The van der Waals surface area contributed by atoms with E-state index < -0.39 is 5.97 Å². The van der Waals surface area contributed by atoms with Crippen molar-refractivity contribution < 1.29 is 25.7 Å². The summed E-state index contributed by atoms with van der Waals surface area (Å²) in [6.45, 7) is 0. The fourth-order valence-electron chi connectivity index (χ4n) is 0.754. The lowest BCUT2D eigenvalue weighted by atomic mass is 10.3. The lowest BCUT2D eigenvalue weighted by Crippen LogP contribution is -2.18. The number of carboxylic acid groups (broad SMARTS) is 1. The van der Waals surface area contributed by atoms with E-state index in [-0.39, 0.29) is 28.3 Å². The molecule has 16 heavy (non-hydrogen) atoms. The third-order valence-corrected chi connectivity index (χ3v) is 1.27. The molecule has 0 aromatic carbocycles. The first kappa shape index (κ1) is 16.2. The second-order valence-corrected chi connectivity index (χ2v) is 2.23. The van der Waals surface area contributed by atoms with Gasteiger partial charge in [-0.15, -0.1) is 0 Å². The van der Waals surface area contributed by atoms with Crippen molar-refractivity contribution in [3.05, 3.63) is 18.1 Å². The summed E-state index contributed by atoms with van der Waals surface area (Å²) in [6.07, 6.45) is 1.34. The van der Waals surface area contributed by atoms with Crippen molar-refractivity contribution in [2.75, 3.05) is 12.8 Å². The number of carbonyl (C=O) groups is 1. The Morgan fingerprint density at radius 3 is 2.62 bits per heavy atom. The standard InChI is InChI=1S/C7H8N4O3.2H2O/c1-14-11-5(7(12)13)6-9-3-2-4(8)10-6;;/h2-3H,1H3,(H,12,13)(H2,8,9,10);2*1H2. The molecule has 0 radical (unpaired) electrons. The van der Waals surface area contributed by atoms with Crippen LogP contribution in [-0.4, -0.2) is 44.8 Å². The maximum absolute atomic E-state index is 10.7. The van der Waals surface area contributed by atoms with E-state index in [0.29, 0.717) is 0 Å². The highest BCUT2D eigenvalue weighted by Gasteiger charge is 2.16. The van der Waals surface area contributed by atoms with Gasteiger partial charge in [0.25, 0.3) is 0 Å². The number of anilines is 1. The van der Waals surface area contributed by atoms with Crippen LogP contribution in [0.25, 0.3) is 0 Å². The van der Waals surface area contributed by atoms with Crippen molar-refractivity contribution >= 4 is 17.5 Å². The van der Waals surface area contributed by atoms with Crippen molar-refractivity contribution in [1.82, 2.24) is 9.97 Å². The van der Waals surface area contributed by atoms with Gasteiger partial charge in [-0.1, -0.05) is 5.16 Å². The van der Waals surface area contributed by atoms with Crippen molar-refractivity contribution in [2.45, 2.75) is 0 Å². The summed E-state index contributed by atoms with van der Waals surface area (Å²) in [7, 11) is 1.23. The molecule has 0 saturated heterocycles. The zero-order valence-corrected chi connectivity index (χ0v) is 8.34. The van der Waals surface area contributed by atoms with Crippen LogP contribution in [-0.2, 0) is 9.63 Å². The number of rotatable bonds is 3. The van der Waals surface area contributed by atoms with E-state index in [2.05, 4.69) is 20.0 Å². The molecule has 0 aliphatic heterocycles. The normalized spacial score (nSPS) is 9.69. The first-order valence-corrected chi connectivity index (χ1v) is 3.58. The van der Waals surface area contributed by atoms with Crippen LogP contribution in [0, 0.1) is 0 Å². The summed E-state index contributed by atoms with van der Waals surface area (Å²) in [4.78, 5) is 22.4. The molecule has 9 nitrogen and oxygen atoms in total. The molecule has 0 spiro atoms. The van der Waals surface area contributed by atoms with E-state index in [1.807, 2.05) is 0 Å². The van der Waals surface area contributed by atoms with E-state index in [9.17, 15) is 4.79 Å². The number of aliphatic carboxylic acids is 1. The summed E-state index contributed by atoms with van der Waals surface area (Å²) >= 11 is 0. The number of oxime groups is 1. The molecule has 1 aromatic heterocycles. The number of aromatic nitrogens is 2. The molecule has 1 aromatic rings. The first-order valence-electron chi connectivity index (χ1n) is 3.58. The molecule has 0 atom stereocenters. The van der Waals surface area contributed by atoms with Gasteiger partial charge in [0, 0.05) is 6.20 Å². The van der Waals surface area contributed by atoms with Crippen molar-refractivity contribution in [3.8, 4) is 0 Å². The number of nitrogens with zero attached hydrogens (tertiary/aromatic N) is 3. The van der Waals surface area contributed by atoms with Crippen molar-refractivity contribution in [3.63, 3.8) is 0 Å². The summed E-state index contributed by atoms with van der Waals surface area (Å²) in [6, 6.07) is 1.44. The van der Waals surface area contributed by atoms with Crippen LogP contribution in [0.4, 0.5) is 5.82 Å². The molecule has 0 amide bonds. The molecule has 0 aliphatic rings. The number of hydrogen-bond donors (Lipinski definition) is 2. The van der Waals surface area contributed by atoms with Crippen LogP contribution in [0.15, 0.2) is 17.4 Å². The maximum atomic E-state index is 10.7. The monoisotopic (exact) mass is 232 g/mol. The molecule has 0 saturated carbocycles. The Labute approximate surface area is 90.2 Å². The molecule has 0 unspecified atom stereocenters. The van der Waals surface area contributed by atoms with Crippen LogP contribution in [0.2, 0.25) is 0 Å². The van der Waals surface area contributed by atoms with E-state index in [1.54, 1.807) is 0 Å². The zero-order valence-electron chi connectivity index (χ0n) is 8.34. The zero-order chi connectivity index (χ0) is 10.6. The average molecular weight is 232 g/mol. The van der Waals surface area contributed by atoms with Crippen LogP contribution < -0.4 is 5.73 Å². The van der Waals surface area contributed by atoms with Gasteiger partial charge in [0.2, 0.25) is 5.71 Å². The Bertz CT molecular complexity index is 381. The maximum Gasteiger partial charge on any atom is 0.361 e. The number of hydrogen-bond acceptors (Lipinski definition) is 6. The van der Waals surface area contributed by atoms with Crippen LogP contribution in [0.3, 0.4) is 0 Å². The minimum absolute atomic E-state index is 0. The van der Waals surface area contributed by atoms with E-state index in [4.69, 9.17) is 10.8 Å². The molecular formula is C7H12N4O5. The Balaban J connectivity index is 0. The van der Waals surface area contributed by atoms with E-state index in [1.165, 1.54) is 19.4 Å². The predicted molar refractivity (Wildman–Crippen MR) is 54.9 cm³/mol. The highest BCUT2D eigenvalue weighted by atomic mass is 16.6. The molecular weight excluding hydrogens is 220 g/mol. The fraction of sp³-hybridized carbons (Fsp3) is 0.143. The number of nitrogens with two attached hydrogens (primary N) is 1. The third kappa shape index (κ3) is 3.86. The Morgan fingerprint density at radius 2 is 2.19 bits per heavy atom. The Hall–Kier alpha value is -2.26. The fourth-order valence-corrected chi connectivity index (χ4v) is 0.754. The first-order chi connectivity index (χ1) is 6.65. The second kappa shape index (κ2) is 7.09. The highest BCUT2D eigenvalue weighted by Crippen LogP contribution is 1.99. The average Bonchev–Trinajstić information content (AvgIpc) is 2.13. The molecule has 1 heterocycles. The Kier molecular flexibility index (Phi) is 7.17. The van der Waals surface area contributed by atoms with Crippen LogP contribution >= 0.6 is 0 Å². The molecule has 0 aliphatic carbocycles. The highest BCUT2D eigenvalue weighted by molar-refractivity contribution is 6.41. The van der Waals surface area contributed by atoms with Gasteiger partial charge in [-0.3, -0.25) is 0 Å². The molecule has 0 fully saturated rings. The van der Waals surface area contributed by atoms with Gasteiger partial charge in [-0.25, -0.2) is 14.8 Å². The minimum atomic E-state index is -1.28. The van der Waals surface area contributed by atoms with Crippen LogP contribution in [0.5, 0.6) is 0 Å². The van der Waals surface area contributed by atoms with Gasteiger partial charge in [-0.05, 0) is 6.07 Å². The second-order valence-electron chi connectivity index (χ2n) is 2.23. The molecule has 9 heteroatoms. The van der Waals surface area contributed by atoms with Gasteiger partial charge in [-0.2, -0.15) is 0 Å². The summed E-state index contributed by atoms with van der Waals surface area (Å²) in [5, 5.41) is 12.0. The lowest BCUT2D eigenvalue weighted by molar-refractivity contribution is -0.129. The van der Waals surface area contributed by atoms with Gasteiger partial charge < -0.3 is 26.6 Å². The molecule has 7 N–H and O–H groups in total. The summed E-state index contributed by atoms with van der Waals surface area (Å²) in [5.41, 5.74) is 4.96. The quantitative estimate of drug-likeness (QED) is 0.443. The number of carboxylic acids is 1. The largest absolute Gasteiger partial charge is 0.476 e. The molecule has 90 valence electrons. The SMILES string of the molecule is CON=C(C(=O)O)c1nccc(N)n1.O.O. The van der Waals surface area contributed by atoms with Crippen molar-refractivity contribution in [1.29, 1.82) is 0 Å². The minimum Gasteiger partial charge on any atom is -0.476 e. The van der Waals surface area contributed by atoms with Gasteiger partial charge in [0.15, 0.2) is 5.82 Å².